The van der Waals surface area contributed by atoms with Gasteiger partial charge in [0.15, 0.2) is 0 Å². The minimum absolute atomic E-state index is 0.0519. The molecule has 0 unspecified atom stereocenters. The maximum Gasteiger partial charge on any atom is 0.319 e. The number of carbonyl (C=O) groups is 2. The van der Waals surface area contributed by atoms with Crippen LogP contribution in [0, 0.1) is 5.92 Å². The molecule has 0 aliphatic carbocycles. The number of amides is 2. The molecule has 0 atom stereocenters. The Morgan fingerprint density at radius 2 is 1.74 bits per heavy atom. The second-order valence-electron chi connectivity index (χ2n) is 7.46. The van der Waals surface area contributed by atoms with Gasteiger partial charge in [-0.25, -0.2) is 17.9 Å². The summed E-state index contributed by atoms with van der Waals surface area (Å²) in [6.45, 7) is 7.86. The van der Waals surface area contributed by atoms with Gasteiger partial charge in [-0.05, 0) is 56.9 Å². The van der Waals surface area contributed by atoms with Gasteiger partial charge >= 0.3 is 12.0 Å². The van der Waals surface area contributed by atoms with Crippen LogP contribution in [0.5, 0.6) is 0 Å². The Labute approximate surface area is 160 Å². The molecule has 0 radical (unpaired) electrons. The highest BCUT2D eigenvalue weighted by molar-refractivity contribution is 7.89. The predicted octanol–water partition coefficient (Wildman–Crippen LogP) is 2.78. The molecule has 27 heavy (non-hydrogen) atoms. The summed E-state index contributed by atoms with van der Waals surface area (Å²) >= 11 is 0. The number of nitrogens with one attached hydrogen (secondary N) is 3. The highest BCUT2D eigenvalue weighted by atomic mass is 32.2. The summed E-state index contributed by atoms with van der Waals surface area (Å²) in [6.07, 6.45) is 0.981. The van der Waals surface area contributed by atoms with E-state index in [9.17, 15) is 18.0 Å². The van der Waals surface area contributed by atoms with E-state index in [0.29, 0.717) is 18.2 Å². The van der Waals surface area contributed by atoms with E-state index in [-0.39, 0.29) is 17.7 Å². The minimum atomic E-state index is -3.58. The van der Waals surface area contributed by atoms with Gasteiger partial charge in [0.05, 0.1) is 4.90 Å². The van der Waals surface area contributed by atoms with Crippen LogP contribution in [0.2, 0.25) is 0 Å². The van der Waals surface area contributed by atoms with Gasteiger partial charge in [0.25, 0.3) is 0 Å². The number of hydrogen-bond acceptors (Lipinski definition) is 4. The van der Waals surface area contributed by atoms with Gasteiger partial charge in [0.2, 0.25) is 10.0 Å². The fourth-order valence-electron chi connectivity index (χ4n) is 2.23. The Bertz CT molecular complexity index is 743. The first-order valence-electron chi connectivity index (χ1n) is 8.82. The zero-order chi connectivity index (χ0) is 20.7. The summed E-state index contributed by atoms with van der Waals surface area (Å²) < 4.78 is 27.0. The Morgan fingerprint density at radius 1 is 1.15 bits per heavy atom. The average Bonchev–Trinajstić information content (AvgIpc) is 2.52. The second-order valence-corrected chi connectivity index (χ2v) is 9.23. The number of benzene rings is 1. The molecule has 0 heterocycles. The van der Waals surface area contributed by atoms with Crippen LogP contribution in [0.4, 0.5) is 10.5 Å². The normalized spacial score (nSPS) is 12.0. The first-order valence-corrected chi connectivity index (χ1v) is 10.3. The molecule has 4 N–H and O–H groups in total. The molecule has 0 aliphatic heterocycles. The molecular weight excluding hydrogens is 370 g/mol. The number of hydrogen-bond donors (Lipinski definition) is 4. The van der Waals surface area contributed by atoms with E-state index in [1.165, 1.54) is 24.3 Å². The molecule has 0 saturated heterocycles. The number of rotatable bonds is 10. The van der Waals surface area contributed by atoms with Crippen LogP contribution in [0.3, 0.4) is 0 Å². The van der Waals surface area contributed by atoms with Gasteiger partial charge in [-0.2, -0.15) is 0 Å². The average molecular weight is 400 g/mol. The van der Waals surface area contributed by atoms with Crippen molar-refractivity contribution in [2.45, 2.75) is 57.4 Å². The van der Waals surface area contributed by atoms with Crippen LogP contribution in [0.15, 0.2) is 29.2 Å². The summed E-state index contributed by atoms with van der Waals surface area (Å²) in [4.78, 5) is 22.8. The molecule has 152 valence electrons. The van der Waals surface area contributed by atoms with Crippen LogP contribution >= 0.6 is 0 Å². The molecule has 0 aliphatic rings. The molecule has 8 nitrogen and oxygen atoms in total. The molecule has 0 saturated carbocycles. The number of urea groups is 1. The molecule has 0 spiro atoms. The van der Waals surface area contributed by atoms with E-state index in [1.807, 2.05) is 13.8 Å². The number of carboxylic acid groups (broad SMARTS) is 1. The zero-order valence-corrected chi connectivity index (χ0v) is 17.0. The first-order chi connectivity index (χ1) is 12.4. The molecule has 1 aromatic rings. The van der Waals surface area contributed by atoms with Crippen molar-refractivity contribution in [3.8, 4) is 0 Å². The quantitative estimate of drug-likeness (QED) is 0.481. The molecule has 0 bridgehead atoms. The molecule has 0 fully saturated rings. The summed E-state index contributed by atoms with van der Waals surface area (Å²) in [5.74, 6) is -0.526. The van der Waals surface area contributed by atoms with Crippen LogP contribution in [-0.2, 0) is 14.8 Å². The summed E-state index contributed by atoms with van der Waals surface area (Å²) in [7, 11) is -3.58. The van der Waals surface area contributed by atoms with E-state index in [1.54, 1.807) is 13.8 Å². The van der Waals surface area contributed by atoms with E-state index in [2.05, 4.69) is 15.4 Å². The lowest BCUT2D eigenvalue weighted by atomic mass is 9.99. The zero-order valence-electron chi connectivity index (χ0n) is 16.2. The van der Waals surface area contributed by atoms with Gasteiger partial charge in [-0.3, -0.25) is 4.79 Å². The Balaban J connectivity index is 2.63. The molecular formula is C18H29N3O5S. The molecule has 1 rings (SSSR count). The summed E-state index contributed by atoms with van der Waals surface area (Å²) in [5, 5.41) is 14.0. The van der Waals surface area contributed by atoms with E-state index in [4.69, 9.17) is 5.11 Å². The Kier molecular flexibility index (Phi) is 8.23. The van der Waals surface area contributed by atoms with Crippen LogP contribution in [0.1, 0.15) is 47.0 Å². The van der Waals surface area contributed by atoms with Gasteiger partial charge in [0.1, 0.15) is 0 Å². The van der Waals surface area contributed by atoms with Crippen molar-refractivity contribution >= 4 is 27.7 Å². The van der Waals surface area contributed by atoms with Crippen LogP contribution in [0.25, 0.3) is 0 Å². The number of carboxylic acids is 1. The van der Waals surface area contributed by atoms with Crippen molar-refractivity contribution in [3.63, 3.8) is 0 Å². The van der Waals surface area contributed by atoms with Crippen molar-refractivity contribution in [1.29, 1.82) is 0 Å². The molecule has 2 amide bonds. The lowest BCUT2D eigenvalue weighted by Gasteiger charge is -2.25. The number of carbonyl (C=O) groups excluding carboxylic acids is 1. The lowest BCUT2D eigenvalue weighted by molar-refractivity contribution is -0.137. The molecule has 0 aromatic heterocycles. The maximum atomic E-state index is 12.2. The summed E-state index contributed by atoms with van der Waals surface area (Å²) in [6, 6.07) is 5.35. The number of aliphatic carboxylic acids is 1. The van der Waals surface area contributed by atoms with Gasteiger partial charge < -0.3 is 15.7 Å². The fraction of sp³-hybridized carbons (Fsp3) is 0.556. The van der Waals surface area contributed by atoms with Crippen molar-refractivity contribution in [2.24, 2.45) is 5.92 Å². The predicted molar refractivity (Wildman–Crippen MR) is 104 cm³/mol. The monoisotopic (exact) mass is 399 g/mol. The number of sulfonamides is 1. The van der Waals surface area contributed by atoms with Crippen LogP contribution < -0.4 is 15.4 Å². The van der Waals surface area contributed by atoms with Gasteiger partial charge in [-0.15, -0.1) is 0 Å². The van der Waals surface area contributed by atoms with Gasteiger partial charge in [0, 0.05) is 24.2 Å². The Morgan fingerprint density at radius 3 is 2.26 bits per heavy atom. The number of anilines is 1. The smallest absolute Gasteiger partial charge is 0.319 e. The van der Waals surface area contributed by atoms with Crippen molar-refractivity contribution in [2.75, 3.05) is 11.9 Å². The van der Waals surface area contributed by atoms with Crippen molar-refractivity contribution in [1.82, 2.24) is 10.0 Å². The highest BCUT2D eigenvalue weighted by Crippen LogP contribution is 2.16. The van der Waals surface area contributed by atoms with Gasteiger partial charge in [-0.1, -0.05) is 13.8 Å². The second kappa shape index (κ2) is 9.70. The van der Waals surface area contributed by atoms with Crippen molar-refractivity contribution in [3.05, 3.63) is 24.3 Å². The highest BCUT2D eigenvalue weighted by Gasteiger charge is 2.21. The third-order valence-electron chi connectivity index (χ3n) is 3.85. The maximum absolute atomic E-state index is 12.2. The third kappa shape index (κ3) is 8.87. The third-order valence-corrected chi connectivity index (χ3v) is 5.33. The first kappa shape index (κ1) is 22.9. The SMILES string of the molecule is CC(C)CCNS(=O)(=O)c1ccc(NC(=O)NC(C)(C)CCC(=O)O)cc1. The Hall–Kier alpha value is -2.13. The fourth-order valence-corrected chi connectivity index (χ4v) is 3.28. The topological polar surface area (TPSA) is 125 Å². The minimum Gasteiger partial charge on any atom is -0.481 e. The van der Waals surface area contributed by atoms with E-state index in [0.717, 1.165) is 6.42 Å². The summed E-state index contributed by atoms with van der Waals surface area (Å²) in [5.41, 5.74) is -0.255. The molecule has 1 aromatic carbocycles. The largest absolute Gasteiger partial charge is 0.481 e. The molecule has 9 heteroatoms. The standard InChI is InChI=1S/C18H29N3O5S/c1-13(2)10-12-19-27(25,26)15-7-5-14(6-8-15)20-17(24)21-18(3,4)11-9-16(22)23/h5-8,13,19H,9-12H2,1-4H3,(H,22,23)(H2,20,21,24). The van der Waals surface area contributed by atoms with Crippen LogP contribution in [-0.4, -0.2) is 37.6 Å². The van der Waals surface area contributed by atoms with E-state index < -0.39 is 27.6 Å². The lowest BCUT2D eigenvalue weighted by Crippen LogP contribution is -2.45. The van der Waals surface area contributed by atoms with E-state index >= 15 is 0 Å². The van der Waals surface area contributed by atoms with Crippen molar-refractivity contribution < 1.29 is 23.1 Å².